The number of nitrogens with zero attached hydrogens (tertiary/aromatic N) is 3. The molecule has 0 fully saturated rings. The smallest absolute Gasteiger partial charge is 0.284 e. The van der Waals surface area contributed by atoms with E-state index in [0.717, 1.165) is 23.8 Å². The molecule has 0 saturated heterocycles. The van der Waals surface area contributed by atoms with Crippen LogP contribution >= 0.6 is 0 Å². The van der Waals surface area contributed by atoms with Crippen LogP contribution in [0.15, 0.2) is 48.5 Å². The first-order valence-electron chi connectivity index (χ1n) is 9.31. The fourth-order valence-electron chi connectivity index (χ4n) is 3.73. The Bertz CT molecular complexity index is 1430. The van der Waals surface area contributed by atoms with Crippen molar-refractivity contribution >= 4 is 34.4 Å². The van der Waals surface area contributed by atoms with Gasteiger partial charge < -0.3 is 5.32 Å². The minimum absolute atomic E-state index is 0.188. The molecule has 0 unspecified atom stereocenters. The van der Waals surface area contributed by atoms with Crippen LogP contribution in [0.5, 0.6) is 0 Å². The van der Waals surface area contributed by atoms with Crippen LogP contribution < -0.4 is 5.32 Å². The SMILES string of the molecule is Cc1cccc(NC(=O)c2cc([N+](=O)[O-])cc3c2-c2c(cc([N+](=O)[O-])cc2[N+](=O)[O-])C3=O)c1. The summed E-state index contributed by atoms with van der Waals surface area (Å²) in [6, 6.07) is 10.0. The van der Waals surface area contributed by atoms with Crippen molar-refractivity contribution in [2.24, 2.45) is 0 Å². The molecule has 33 heavy (non-hydrogen) atoms. The lowest BCUT2D eigenvalue weighted by atomic mass is 9.96. The van der Waals surface area contributed by atoms with Crippen LogP contribution in [0.4, 0.5) is 22.7 Å². The fourth-order valence-corrected chi connectivity index (χ4v) is 3.73. The van der Waals surface area contributed by atoms with E-state index in [1.54, 1.807) is 31.2 Å². The van der Waals surface area contributed by atoms with Crippen molar-refractivity contribution in [3.63, 3.8) is 0 Å². The molecule has 1 N–H and O–H groups in total. The molecule has 0 saturated carbocycles. The summed E-state index contributed by atoms with van der Waals surface area (Å²) < 4.78 is 0. The van der Waals surface area contributed by atoms with Crippen LogP contribution in [0.1, 0.15) is 31.8 Å². The first-order chi connectivity index (χ1) is 15.6. The van der Waals surface area contributed by atoms with E-state index >= 15 is 0 Å². The second kappa shape index (κ2) is 7.60. The van der Waals surface area contributed by atoms with Crippen LogP contribution in [0, 0.1) is 37.3 Å². The Morgan fingerprint density at radius 3 is 2.00 bits per heavy atom. The van der Waals surface area contributed by atoms with Gasteiger partial charge in [0.15, 0.2) is 5.78 Å². The first-order valence-corrected chi connectivity index (χ1v) is 9.31. The van der Waals surface area contributed by atoms with Gasteiger partial charge in [-0.1, -0.05) is 12.1 Å². The highest BCUT2D eigenvalue weighted by Gasteiger charge is 2.40. The van der Waals surface area contributed by atoms with Crippen molar-refractivity contribution in [3.8, 4) is 11.1 Å². The van der Waals surface area contributed by atoms with Gasteiger partial charge in [0.2, 0.25) is 0 Å². The summed E-state index contributed by atoms with van der Waals surface area (Å²) in [5.74, 6) is -1.73. The van der Waals surface area contributed by atoms with Gasteiger partial charge >= 0.3 is 0 Å². The zero-order valence-electron chi connectivity index (χ0n) is 16.7. The van der Waals surface area contributed by atoms with Crippen molar-refractivity contribution in [2.45, 2.75) is 6.92 Å². The van der Waals surface area contributed by atoms with Crippen molar-refractivity contribution in [3.05, 3.63) is 101 Å². The number of non-ortho nitro benzene ring substituents is 2. The number of aryl methyl sites for hydroxylation is 1. The van der Waals surface area contributed by atoms with Crippen molar-refractivity contribution < 1.29 is 24.4 Å². The summed E-state index contributed by atoms with van der Waals surface area (Å²) in [6.07, 6.45) is 0. The standard InChI is InChI=1S/C21H12N4O8/c1-10-3-2-4-11(5-10)22-21(27)16-8-12(23(28)29)6-14-18(16)19-15(20(14)26)7-13(24(30)31)9-17(19)25(32)33/h2-9H,1H3,(H,22,27). The number of ketones is 1. The number of carbonyl (C=O) groups is 2. The number of nitro groups is 3. The quantitative estimate of drug-likeness (QED) is 0.349. The van der Waals surface area contributed by atoms with Crippen molar-refractivity contribution in [2.75, 3.05) is 5.32 Å². The number of nitro benzene ring substituents is 3. The van der Waals surface area contributed by atoms with Gasteiger partial charge in [0.25, 0.3) is 23.0 Å². The zero-order chi connectivity index (χ0) is 24.0. The van der Waals surface area contributed by atoms with E-state index in [1.165, 1.54) is 0 Å². The normalized spacial score (nSPS) is 11.5. The highest BCUT2D eigenvalue weighted by molar-refractivity contribution is 6.27. The molecule has 0 heterocycles. The molecule has 3 aromatic carbocycles. The number of nitrogens with one attached hydrogen (secondary N) is 1. The third-order valence-electron chi connectivity index (χ3n) is 5.10. The summed E-state index contributed by atoms with van der Waals surface area (Å²) in [4.78, 5) is 57.9. The van der Waals surface area contributed by atoms with Crippen LogP contribution in [0.25, 0.3) is 11.1 Å². The van der Waals surface area contributed by atoms with E-state index in [-0.39, 0.29) is 27.8 Å². The highest BCUT2D eigenvalue weighted by Crippen LogP contribution is 2.47. The minimum atomic E-state index is -0.905. The molecule has 12 heteroatoms. The Morgan fingerprint density at radius 1 is 0.818 bits per heavy atom. The second-order valence-electron chi connectivity index (χ2n) is 7.23. The van der Waals surface area contributed by atoms with Gasteiger partial charge in [-0.05, 0) is 24.6 Å². The van der Waals surface area contributed by atoms with Crippen molar-refractivity contribution in [1.82, 2.24) is 0 Å². The minimum Gasteiger partial charge on any atom is -0.322 e. The lowest BCUT2D eigenvalue weighted by Crippen LogP contribution is -2.14. The molecule has 4 rings (SSSR count). The van der Waals surface area contributed by atoms with Crippen LogP contribution in [-0.4, -0.2) is 26.5 Å². The number of amides is 1. The molecule has 0 aliphatic heterocycles. The molecule has 0 aromatic heterocycles. The van der Waals surface area contributed by atoms with Gasteiger partial charge in [-0.3, -0.25) is 39.9 Å². The van der Waals surface area contributed by atoms with Crippen LogP contribution in [-0.2, 0) is 0 Å². The molecule has 1 aliphatic carbocycles. The zero-order valence-corrected chi connectivity index (χ0v) is 16.7. The summed E-state index contributed by atoms with van der Waals surface area (Å²) in [7, 11) is 0. The van der Waals surface area contributed by atoms with Gasteiger partial charge in [-0.25, -0.2) is 0 Å². The number of carbonyl (C=O) groups excluding carboxylic acids is 2. The van der Waals surface area contributed by atoms with E-state index < -0.39 is 43.5 Å². The summed E-state index contributed by atoms with van der Waals surface area (Å²) in [5.41, 5.74) is -2.38. The van der Waals surface area contributed by atoms with Gasteiger partial charge in [0.1, 0.15) is 0 Å². The number of anilines is 1. The largest absolute Gasteiger partial charge is 0.322 e. The van der Waals surface area contributed by atoms with Gasteiger partial charge in [0, 0.05) is 40.6 Å². The van der Waals surface area contributed by atoms with E-state index in [4.69, 9.17) is 0 Å². The monoisotopic (exact) mass is 448 g/mol. The average Bonchev–Trinajstić information content (AvgIpc) is 3.04. The highest BCUT2D eigenvalue weighted by atomic mass is 16.6. The number of fused-ring (bicyclic) bond motifs is 3. The summed E-state index contributed by atoms with van der Waals surface area (Å²) >= 11 is 0. The molecule has 0 radical (unpaired) electrons. The van der Waals surface area contributed by atoms with Gasteiger partial charge in [-0.15, -0.1) is 0 Å². The second-order valence-corrected chi connectivity index (χ2v) is 7.23. The van der Waals surface area contributed by atoms with Crippen LogP contribution in [0.3, 0.4) is 0 Å². The third-order valence-corrected chi connectivity index (χ3v) is 5.10. The first kappa shape index (κ1) is 21.2. The Balaban J connectivity index is 1.99. The number of hydrogen-bond donors (Lipinski definition) is 1. The molecule has 0 bridgehead atoms. The molecule has 1 amide bonds. The van der Waals surface area contributed by atoms with E-state index in [2.05, 4.69) is 5.32 Å². The molecule has 164 valence electrons. The molecular weight excluding hydrogens is 436 g/mol. The van der Waals surface area contributed by atoms with E-state index in [1.807, 2.05) is 0 Å². The maximum Gasteiger partial charge on any atom is 0.284 e. The number of rotatable bonds is 5. The maximum absolute atomic E-state index is 13.1. The van der Waals surface area contributed by atoms with Crippen LogP contribution in [0.2, 0.25) is 0 Å². The predicted molar refractivity (Wildman–Crippen MR) is 114 cm³/mol. The predicted octanol–water partition coefficient (Wildman–Crippen LogP) is 4.18. The molecule has 12 nitrogen and oxygen atoms in total. The van der Waals surface area contributed by atoms with E-state index in [9.17, 15) is 39.9 Å². The van der Waals surface area contributed by atoms with Gasteiger partial charge in [0.05, 0.1) is 32.0 Å². The fraction of sp³-hybridized carbons (Fsp3) is 0.0476. The van der Waals surface area contributed by atoms with Crippen molar-refractivity contribution in [1.29, 1.82) is 0 Å². The summed E-state index contributed by atoms with van der Waals surface area (Å²) in [6.45, 7) is 1.78. The summed E-state index contributed by atoms with van der Waals surface area (Å²) in [5, 5.41) is 36.9. The third kappa shape index (κ3) is 3.54. The lowest BCUT2D eigenvalue weighted by Gasteiger charge is -2.11. The topological polar surface area (TPSA) is 176 Å². The molecule has 0 spiro atoms. The Kier molecular flexibility index (Phi) is 4.89. The Labute approximate surface area is 183 Å². The van der Waals surface area contributed by atoms with Gasteiger partial charge in [-0.2, -0.15) is 0 Å². The number of benzene rings is 3. The lowest BCUT2D eigenvalue weighted by molar-refractivity contribution is -0.393. The average molecular weight is 448 g/mol. The maximum atomic E-state index is 13.1. The molecule has 1 aliphatic rings. The molecular formula is C21H12N4O8. The molecule has 0 atom stereocenters. The Morgan fingerprint density at radius 2 is 1.42 bits per heavy atom. The Hall–Kier alpha value is -5.00. The number of hydrogen-bond acceptors (Lipinski definition) is 8. The molecule has 3 aromatic rings. The van der Waals surface area contributed by atoms with E-state index in [0.29, 0.717) is 11.8 Å².